The molecule has 0 radical (unpaired) electrons. The predicted molar refractivity (Wildman–Crippen MR) is 85.4 cm³/mol. The number of hydrogen-bond acceptors (Lipinski definition) is 4. The fourth-order valence-corrected chi connectivity index (χ4v) is 2.45. The van der Waals surface area contributed by atoms with E-state index in [1.54, 1.807) is 7.11 Å². The zero-order valence-corrected chi connectivity index (χ0v) is 13.5. The van der Waals surface area contributed by atoms with Gasteiger partial charge in [0.1, 0.15) is 11.4 Å². The summed E-state index contributed by atoms with van der Waals surface area (Å²) >= 11 is 0. The van der Waals surface area contributed by atoms with Crippen LogP contribution in [-0.2, 0) is 4.74 Å². The molecule has 1 saturated carbocycles. The molecule has 0 spiro atoms. The Kier molecular flexibility index (Phi) is 3.55. The molecular weight excluding hydrogens is 278 g/mol. The topological polar surface area (TPSA) is 48.4 Å². The maximum Gasteiger partial charge on any atom is 0.340 e. The van der Waals surface area contributed by atoms with Crippen LogP contribution in [0.3, 0.4) is 0 Å². The van der Waals surface area contributed by atoms with E-state index in [-0.39, 0.29) is 5.97 Å². The van der Waals surface area contributed by atoms with Crippen LogP contribution in [0.2, 0.25) is 0 Å². The monoisotopic (exact) mass is 299 g/mol. The van der Waals surface area contributed by atoms with E-state index in [2.05, 4.69) is 0 Å². The van der Waals surface area contributed by atoms with Gasteiger partial charge >= 0.3 is 5.97 Å². The molecule has 0 aliphatic heterocycles. The molecule has 0 amide bonds. The molecule has 0 unspecified atom stereocenters. The van der Waals surface area contributed by atoms with Gasteiger partial charge in [0.15, 0.2) is 0 Å². The summed E-state index contributed by atoms with van der Waals surface area (Å²) in [6.07, 6.45) is 2.16. The number of rotatable bonds is 3. The Hall–Kier alpha value is -2.10. The van der Waals surface area contributed by atoms with Crippen LogP contribution in [0.5, 0.6) is 5.75 Å². The van der Waals surface area contributed by atoms with E-state index in [0.29, 0.717) is 11.5 Å². The second-order valence-electron chi connectivity index (χ2n) is 6.76. The molecule has 4 heteroatoms. The van der Waals surface area contributed by atoms with Crippen LogP contribution in [-0.4, -0.2) is 23.7 Å². The summed E-state index contributed by atoms with van der Waals surface area (Å²) in [5.41, 5.74) is 1.80. The number of methoxy groups -OCH3 is 1. The Morgan fingerprint density at radius 2 is 1.95 bits per heavy atom. The lowest BCUT2D eigenvalue weighted by atomic mass is 10.1. The summed E-state index contributed by atoms with van der Waals surface area (Å²) in [5.74, 6) is 0.851. The lowest BCUT2D eigenvalue weighted by Gasteiger charge is -2.20. The Balaban J connectivity index is 2.08. The molecule has 1 aromatic heterocycles. The summed E-state index contributed by atoms with van der Waals surface area (Å²) in [6, 6.07) is 7.59. The van der Waals surface area contributed by atoms with Gasteiger partial charge in [-0.1, -0.05) is 0 Å². The molecule has 0 N–H and O–H groups in total. The number of fused-ring (bicyclic) bond motifs is 1. The first-order valence-electron chi connectivity index (χ1n) is 7.59. The molecular formula is C18H21NO3. The number of carbonyl (C=O) groups excluding carboxylic acids is 1. The Labute approximate surface area is 130 Å². The average Bonchev–Trinajstić information content (AvgIpc) is 3.28. The third kappa shape index (κ3) is 3.06. The molecule has 3 rings (SSSR count). The first kappa shape index (κ1) is 14.8. The number of esters is 1. The highest BCUT2D eigenvalue weighted by Crippen LogP contribution is 2.42. The zero-order valence-electron chi connectivity index (χ0n) is 13.5. The lowest BCUT2D eigenvalue weighted by Crippen LogP contribution is -2.24. The van der Waals surface area contributed by atoms with Crippen LogP contribution in [0.15, 0.2) is 24.3 Å². The van der Waals surface area contributed by atoms with Crippen LogP contribution >= 0.6 is 0 Å². The minimum atomic E-state index is -0.507. The van der Waals surface area contributed by atoms with E-state index in [4.69, 9.17) is 14.5 Å². The van der Waals surface area contributed by atoms with Gasteiger partial charge in [0.2, 0.25) is 0 Å². The number of carbonyl (C=O) groups is 1. The summed E-state index contributed by atoms with van der Waals surface area (Å²) < 4.78 is 10.8. The van der Waals surface area contributed by atoms with Crippen molar-refractivity contribution in [3.63, 3.8) is 0 Å². The largest absolute Gasteiger partial charge is 0.497 e. The molecule has 0 atom stereocenters. The summed E-state index contributed by atoms with van der Waals surface area (Å²) in [5, 5.41) is 0.922. The van der Waals surface area contributed by atoms with Gasteiger partial charge < -0.3 is 9.47 Å². The van der Waals surface area contributed by atoms with E-state index in [0.717, 1.165) is 35.2 Å². The molecule has 1 aliphatic carbocycles. The second-order valence-corrected chi connectivity index (χ2v) is 6.76. The van der Waals surface area contributed by atoms with E-state index < -0.39 is 5.60 Å². The maximum absolute atomic E-state index is 12.5. The third-order valence-electron chi connectivity index (χ3n) is 3.64. The molecule has 2 aromatic rings. The minimum absolute atomic E-state index is 0.292. The van der Waals surface area contributed by atoms with Gasteiger partial charge in [-0.3, -0.25) is 4.98 Å². The van der Waals surface area contributed by atoms with E-state index >= 15 is 0 Å². The van der Waals surface area contributed by atoms with Gasteiger partial charge in [0, 0.05) is 17.4 Å². The summed E-state index contributed by atoms with van der Waals surface area (Å²) in [4.78, 5) is 17.2. The van der Waals surface area contributed by atoms with Crippen molar-refractivity contribution in [2.75, 3.05) is 7.11 Å². The quantitative estimate of drug-likeness (QED) is 0.801. The number of ether oxygens (including phenoxy) is 2. The number of pyridine rings is 1. The van der Waals surface area contributed by atoms with Gasteiger partial charge in [-0.05, 0) is 51.8 Å². The summed E-state index contributed by atoms with van der Waals surface area (Å²) in [6.45, 7) is 5.63. The maximum atomic E-state index is 12.5. The molecule has 0 saturated heterocycles. The van der Waals surface area contributed by atoms with Crippen molar-refractivity contribution in [2.24, 2.45) is 0 Å². The Bertz CT molecular complexity index is 727. The smallest absolute Gasteiger partial charge is 0.340 e. The summed E-state index contributed by atoms with van der Waals surface area (Å²) in [7, 11) is 1.64. The first-order chi connectivity index (χ1) is 10.4. The number of hydrogen-bond donors (Lipinski definition) is 0. The molecule has 1 heterocycles. The van der Waals surface area contributed by atoms with Gasteiger partial charge in [-0.15, -0.1) is 0 Å². The minimum Gasteiger partial charge on any atom is -0.497 e. The number of nitrogens with zero attached hydrogens (tertiary/aromatic N) is 1. The molecule has 22 heavy (non-hydrogen) atoms. The fraction of sp³-hybridized carbons (Fsp3) is 0.444. The zero-order chi connectivity index (χ0) is 15.9. The molecule has 4 nitrogen and oxygen atoms in total. The predicted octanol–water partition coefficient (Wildman–Crippen LogP) is 4.08. The second kappa shape index (κ2) is 5.27. The van der Waals surface area contributed by atoms with Gasteiger partial charge in [-0.25, -0.2) is 4.79 Å². The molecule has 1 fully saturated rings. The Morgan fingerprint density at radius 3 is 2.55 bits per heavy atom. The molecule has 1 aromatic carbocycles. The van der Waals surface area contributed by atoms with Crippen LogP contribution in [0, 0.1) is 0 Å². The fourth-order valence-electron chi connectivity index (χ4n) is 2.45. The van der Waals surface area contributed by atoms with Crippen molar-refractivity contribution in [3.8, 4) is 5.75 Å². The normalized spacial score (nSPS) is 14.9. The van der Waals surface area contributed by atoms with Crippen molar-refractivity contribution < 1.29 is 14.3 Å². The van der Waals surface area contributed by atoms with Crippen LogP contribution < -0.4 is 4.74 Å². The molecule has 116 valence electrons. The van der Waals surface area contributed by atoms with Crippen molar-refractivity contribution in [2.45, 2.75) is 45.1 Å². The van der Waals surface area contributed by atoms with E-state index in [1.807, 2.05) is 45.0 Å². The SMILES string of the molecule is COc1ccc2cc(C(=O)OC(C)(C)C)c(C3CC3)nc2c1. The van der Waals surface area contributed by atoms with Gasteiger partial charge in [0.25, 0.3) is 0 Å². The van der Waals surface area contributed by atoms with Crippen molar-refractivity contribution in [1.29, 1.82) is 0 Å². The van der Waals surface area contributed by atoms with Crippen LogP contribution in [0.4, 0.5) is 0 Å². The van der Waals surface area contributed by atoms with Crippen LogP contribution in [0.25, 0.3) is 10.9 Å². The molecule has 1 aliphatic rings. The highest BCUT2D eigenvalue weighted by molar-refractivity contribution is 5.96. The first-order valence-corrected chi connectivity index (χ1v) is 7.59. The lowest BCUT2D eigenvalue weighted by molar-refractivity contribution is 0.00679. The van der Waals surface area contributed by atoms with Gasteiger partial charge in [-0.2, -0.15) is 0 Å². The average molecular weight is 299 g/mol. The van der Waals surface area contributed by atoms with Crippen molar-refractivity contribution in [3.05, 3.63) is 35.5 Å². The third-order valence-corrected chi connectivity index (χ3v) is 3.64. The van der Waals surface area contributed by atoms with Crippen molar-refractivity contribution in [1.82, 2.24) is 4.98 Å². The standard InChI is InChI=1S/C18H21NO3/c1-18(2,3)22-17(20)14-9-12-7-8-13(21-4)10-15(12)19-16(14)11-5-6-11/h7-11H,5-6H2,1-4H3. The highest BCUT2D eigenvalue weighted by Gasteiger charge is 2.31. The van der Waals surface area contributed by atoms with E-state index in [9.17, 15) is 4.79 Å². The van der Waals surface area contributed by atoms with Crippen molar-refractivity contribution >= 4 is 16.9 Å². The van der Waals surface area contributed by atoms with E-state index in [1.165, 1.54) is 0 Å². The van der Waals surface area contributed by atoms with Crippen LogP contribution in [0.1, 0.15) is 55.6 Å². The Morgan fingerprint density at radius 1 is 1.23 bits per heavy atom. The number of aromatic nitrogens is 1. The van der Waals surface area contributed by atoms with Gasteiger partial charge in [0.05, 0.1) is 23.9 Å². The highest BCUT2D eigenvalue weighted by atomic mass is 16.6. The molecule has 0 bridgehead atoms. The number of benzene rings is 1.